The molecule has 1 atom stereocenters. The van der Waals surface area contributed by atoms with Crippen molar-refractivity contribution >= 4 is 17.6 Å². The van der Waals surface area contributed by atoms with Crippen molar-refractivity contribution in [2.24, 2.45) is 11.8 Å². The van der Waals surface area contributed by atoms with E-state index < -0.39 is 0 Å². The van der Waals surface area contributed by atoms with E-state index in [1.54, 1.807) is 18.2 Å². The molecule has 1 unspecified atom stereocenters. The molecule has 5 nitrogen and oxygen atoms in total. The van der Waals surface area contributed by atoms with E-state index in [-0.39, 0.29) is 17.8 Å². The third kappa shape index (κ3) is 2.99. The summed E-state index contributed by atoms with van der Waals surface area (Å²) in [6.45, 7) is 5.60. The van der Waals surface area contributed by atoms with Gasteiger partial charge in [-0.25, -0.2) is 4.79 Å². The Balaban J connectivity index is 2.05. The molecule has 2 rings (SSSR count). The molecule has 1 aromatic carbocycles. The minimum Gasteiger partial charge on any atom is -0.465 e. The Morgan fingerprint density at radius 2 is 2.10 bits per heavy atom. The standard InChI is InChI=1S/C15H20N2O3/c1-9-6-11(15(19)20-3)4-5-13(9)17-14(18)10(2)12-7-16-8-12/h4-6,10,12,16H,7-8H2,1-3H3,(H,17,18). The fourth-order valence-electron chi connectivity index (χ4n) is 2.17. The molecule has 5 heteroatoms. The highest BCUT2D eigenvalue weighted by atomic mass is 16.5. The normalized spacial score (nSPS) is 16.1. The molecule has 2 N–H and O–H groups in total. The molecule has 0 saturated carbocycles. The summed E-state index contributed by atoms with van der Waals surface area (Å²) in [5, 5.41) is 6.09. The van der Waals surface area contributed by atoms with Crippen LogP contribution in [0, 0.1) is 18.8 Å². The van der Waals surface area contributed by atoms with Crippen molar-refractivity contribution in [2.45, 2.75) is 13.8 Å². The number of hydrogen-bond donors (Lipinski definition) is 2. The summed E-state index contributed by atoms with van der Waals surface area (Å²) in [7, 11) is 1.35. The van der Waals surface area contributed by atoms with Gasteiger partial charge in [0.2, 0.25) is 5.91 Å². The van der Waals surface area contributed by atoms with Crippen LogP contribution in [0.2, 0.25) is 0 Å². The van der Waals surface area contributed by atoms with Crippen LogP contribution < -0.4 is 10.6 Å². The summed E-state index contributed by atoms with van der Waals surface area (Å²) < 4.78 is 4.67. The van der Waals surface area contributed by atoms with Gasteiger partial charge in [-0.1, -0.05) is 6.92 Å². The third-order valence-electron chi connectivity index (χ3n) is 3.84. The number of carbonyl (C=O) groups excluding carboxylic acids is 2. The van der Waals surface area contributed by atoms with E-state index in [2.05, 4.69) is 15.4 Å². The molecule has 0 spiro atoms. The molecule has 1 heterocycles. The van der Waals surface area contributed by atoms with Gasteiger partial charge in [0.15, 0.2) is 0 Å². The van der Waals surface area contributed by atoms with Crippen molar-refractivity contribution in [2.75, 3.05) is 25.5 Å². The number of methoxy groups -OCH3 is 1. The number of carbonyl (C=O) groups is 2. The Kier molecular flexibility index (Phi) is 4.39. The second kappa shape index (κ2) is 6.05. The molecule has 1 amide bonds. The molecule has 1 fully saturated rings. The lowest BCUT2D eigenvalue weighted by Crippen LogP contribution is -2.48. The number of benzene rings is 1. The first-order chi connectivity index (χ1) is 9.52. The first kappa shape index (κ1) is 14.5. The zero-order valence-electron chi connectivity index (χ0n) is 12.0. The number of rotatable bonds is 4. The Hall–Kier alpha value is -1.88. The SMILES string of the molecule is COC(=O)c1ccc(NC(=O)C(C)C2CNC2)c(C)c1. The number of aryl methyl sites for hydroxylation is 1. The summed E-state index contributed by atoms with van der Waals surface area (Å²) in [5.41, 5.74) is 2.07. The quantitative estimate of drug-likeness (QED) is 0.819. The zero-order chi connectivity index (χ0) is 14.7. The average Bonchev–Trinajstić information content (AvgIpc) is 2.37. The Labute approximate surface area is 118 Å². The first-order valence-electron chi connectivity index (χ1n) is 6.73. The van der Waals surface area contributed by atoms with Crippen molar-refractivity contribution < 1.29 is 14.3 Å². The Morgan fingerprint density at radius 3 is 2.60 bits per heavy atom. The number of amides is 1. The van der Waals surface area contributed by atoms with Crippen LogP contribution in [0.3, 0.4) is 0 Å². The molecule has 0 aromatic heterocycles. The lowest BCUT2D eigenvalue weighted by Gasteiger charge is -2.31. The van der Waals surface area contributed by atoms with E-state index in [9.17, 15) is 9.59 Å². The van der Waals surface area contributed by atoms with E-state index in [0.717, 1.165) is 24.3 Å². The zero-order valence-corrected chi connectivity index (χ0v) is 12.0. The van der Waals surface area contributed by atoms with Crippen LogP contribution in [0.4, 0.5) is 5.69 Å². The van der Waals surface area contributed by atoms with E-state index in [4.69, 9.17) is 0 Å². The highest BCUT2D eigenvalue weighted by Gasteiger charge is 2.28. The van der Waals surface area contributed by atoms with Gasteiger partial charge in [0.25, 0.3) is 0 Å². The van der Waals surface area contributed by atoms with Gasteiger partial charge in [-0.15, -0.1) is 0 Å². The molecule has 0 aliphatic carbocycles. The Morgan fingerprint density at radius 1 is 1.40 bits per heavy atom. The molecule has 1 aromatic rings. The van der Waals surface area contributed by atoms with Crippen molar-refractivity contribution in [3.63, 3.8) is 0 Å². The predicted octanol–water partition coefficient (Wildman–Crippen LogP) is 1.58. The number of nitrogens with one attached hydrogen (secondary N) is 2. The fourth-order valence-corrected chi connectivity index (χ4v) is 2.17. The number of hydrogen-bond acceptors (Lipinski definition) is 4. The number of anilines is 1. The molecule has 0 bridgehead atoms. The van der Waals surface area contributed by atoms with E-state index in [1.165, 1.54) is 7.11 Å². The number of ether oxygens (including phenoxy) is 1. The van der Waals surface area contributed by atoms with Crippen LogP contribution in [0.15, 0.2) is 18.2 Å². The highest BCUT2D eigenvalue weighted by Crippen LogP contribution is 2.21. The van der Waals surface area contributed by atoms with Gasteiger partial charge in [0, 0.05) is 11.6 Å². The van der Waals surface area contributed by atoms with Crippen LogP contribution in [-0.4, -0.2) is 32.1 Å². The molecule has 108 valence electrons. The molecule has 1 aliphatic heterocycles. The topological polar surface area (TPSA) is 67.4 Å². The maximum absolute atomic E-state index is 12.1. The van der Waals surface area contributed by atoms with Gasteiger partial charge in [-0.05, 0) is 49.7 Å². The van der Waals surface area contributed by atoms with Gasteiger partial charge in [-0.3, -0.25) is 4.79 Å². The van der Waals surface area contributed by atoms with E-state index in [0.29, 0.717) is 11.5 Å². The summed E-state index contributed by atoms with van der Waals surface area (Å²) in [4.78, 5) is 23.6. The van der Waals surface area contributed by atoms with Crippen LogP contribution in [0.25, 0.3) is 0 Å². The van der Waals surface area contributed by atoms with Gasteiger partial charge >= 0.3 is 5.97 Å². The Bertz CT molecular complexity index is 524. The third-order valence-corrected chi connectivity index (χ3v) is 3.84. The van der Waals surface area contributed by atoms with Crippen molar-refractivity contribution in [1.29, 1.82) is 0 Å². The second-order valence-electron chi connectivity index (χ2n) is 5.22. The highest BCUT2D eigenvalue weighted by molar-refractivity contribution is 5.95. The fraction of sp³-hybridized carbons (Fsp3) is 0.467. The van der Waals surface area contributed by atoms with Gasteiger partial charge in [0.05, 0.1) is 12.7 Å². The second-order valence-corrected chi connectivity index (χ2v) is 5.22. The molecule has 0 radical (unpaired) electrons. The monoisotopic (exact) mass is 276 g/mol. The minimum absolute atomic E-state index is 0.0177. The van der Waals surface area contributed by atoms with Crippen molar-refractivity contribution in [3.8, 4) is 0 Å². The smallest absolute Gasteiger partial charge is 0.337 e. The van der Waals surface area contributed by atoms with Crippen LogP contribution in [0.5, 0.6) is 0 Å². The lowest BCUT2D eigenvalue weighted by atomic mass is 9.88. The average molecular weight is 276 g/mol. The maximum atomic E-state index is 12.1. The molecule has 1 aliphatic rings. The van der Waals surface area contributed by atoms with Gasteiger partial charge in [0.1, 0.15) is 0 Å². The van der Waals surface area contributed by atoms with E-state index >= 15 is 0 Å². The number of esters is 1. The summed E-state index contributed by atoms with van der Waals surface area (Å²) in [5.74, 6) is 0.0332. The van der Waals surface area contributed by atoms with Gasteiger partial charge in [-0.2, -0.15) is 0 Å². The molecular weight excluding hydrogens is 256 g/mol. The van der Waals surface area contributed by atoms with Crippen molar-refractivity contribution in [1.82, 2.24) is 5.32 Å². The van der Waals surface area contributed by atoms with Crippen LogP contribution >= 0.6 is 0 Å². The van der Waals surface area contributed by atoms with Crippen molar-refractivity contribution in [3.05, 3.63) is 29.3 Å². The van der Waals surface area contributed by atoms with Crippen LogP contribution in [-0.2, 0) is 9.53 Å². The lowest BCUT2D eigenvalue weighted by molar-refractivity contribution is -0.121. The molecule has 1 saturated heterocycles. The largest absolute Gasteiger partial charge is 0.465 e. The first-order valence-corrected chi connectivity index (χ1v) is 6.73. The summed E-state index contributed by atoms with van der Waals surface area (Å²) >= 11 is 0. The van der Waals surface area contributed by atoms with Gasteiger partial charge < -0.3 is 15.4 Å². The molecular formula is C15H20N2O3. The summed E-state index contributed by atoms with van der Waals surface area (Å²) in [6, 6.07) is 5.12. The van der Waals surface area contributed by atoms with Crippen LogP contribution in [0.1, 0.15) is 22.8 Å². The molecule has 20 heavy (non-hydrogen) atoms. The summed E-state index contributed by atoms with van der Waals surface area (Å²) in [6.07, 6.45) is 0. The maximum Gasteiger partial charge on any atom is 0.337 e. The van der Waals surface area contributed by atoms with E-state index in [1.807, 2.05) is 13.8 Å². The minimum atomic E-state index is -0.375. The predicted molar refractivity (Wildman–Crippen MR) is 76.7 cm³/mol.